The van der Waals surface area contributed by atoms with Crippen molar-refractivity contribution in [3.05, 3.63) is 97.2 Å². The number of imidazole rings is 1. The Labute approximate surface area is 151 Å². The molecule has 2 aromatic carbocycles. The van der Waals surface area contributed by atoms with Crippen LogP contribution in [-0.2, 0) is 0 Å². The number of carbonyl (C=O) groups is 1. The Morgan fingerprint density at radius 3 is 2.46 bits per heavy atom. The zero-order chi connectivity index (χ0) is 17.8. The number of hydrogen-bond donors (Lipinski definition) is 1. The largest absolute Gasteiger partial charge is 0.321 e. The summed E-state index contributed by atoms with van der Waals surface area (Å²) in [6, 6.07) is 21.3. The summed E-state index contributed by atoms with van der Waals surface area (Å²) in [5, 5.41) is 2.98. The SMILES string of the molecule is O=C(Nc1ccccc1-c1ccccc1)c1ccc(-n2ccnc2)nc1. The predicted octanol–water partition coefficient (Wildman–Crippen LogP) is 4.19. The summed E-state index contributed by atoms with van der Waals surface area (Å²) in [5.74, 6) is 0.516. The van der Waals surface area contributed by atoms with Gasteiger partial charge in [0.15, 0.2) is 0 Å². The highest BCUT2D eigenvalue weighted by Gasteiger charge is 2.11. The number of nitrogens with zero attached hydrogens (tertiary/aromatic N) is 3. The molecule has 1 amide bonds. The Balaban J connectivity index is 1.57. The average molecular weight is 340 g/mol. The first-order chi connectivity index (χ1) is 12.8. The molecule has 26 heavy (non-hydrogen) atoms. The van der Waals surface area contributed by atoms with E-state index >= 15 is 0 Å². The van der Waals surface area contributed by atoms with Crippen molar-refractivity contribution in [1.82, 2.24) is 14.5 Å². The quantitative estimate of drug-likeness (QED) is 0.606. The van der Waals surface area contributed by atoms with Crippen LogP contribution in [0.3, 0.4) is 0 Å². The number of aromatic nitrogens is 3. The van der Waals surface area contributed by atoms with Crippen molar-refractivity contribution >= 4 is 11.6 Å². The van der Waals surface area contributed by atoms with Crippen molar-refractivity contribution in [1.29, 1.82) is 0 Å². The van der Waals surface area contributed by atoms with Gasteiger partial charge in [0.2, 0.25) is 0 Å². The monoisotopic (exact) mass is 340 g/mol. The van der Waals surface area contributed by atoms with Gasteiger partial charge in [-0.2, -0.15) is 0 Å². The van der Waals surface area contributed by atoms with E-state index in [1.165, 1.54) is 0 Å². The number of hydrogen-bond acceptors (Lipinski definition) is 3. The third kappa shape index (κ3) is 3.23. The van der Waals surface area contributed by atoms with E-state index in [-0.39, 0.29) is 5.91 Å². The molecule has 0 fully saturated rings. The maximum Gasteiger partial charge on any atom is 0.257 e. The van der Waals surface area contributed by atoms with Gasteiger partial charge in [0.25, 0.3) is 5.91 Å². The van der Waals surface area contributed by atoms with Gasteiger partial charge < -0.3 is 5.32 Å². The molecular weight excluding hydrogens is 324 g/mol. The first-order valence-corrected chi connectivity index (χ1v) is 8.21. The Morgan fingerprint density at radius 2 is 1.73 bits per heavy atom. The van der Waals surface area contributed by atoms with Gasteiger partial charge >= 0.3 is 0 Å². The second-order valence-corrected chi connectivity index (χ2v) is 5.74. The molecule has 4 rings (SSSR count). The third-order valence-electron chi connectivity index (χ3n) is 4.04. The number of nitrogens with one attached hydrogen (secondary N) is 1. The van der Waals surface area contributed by atoms with Crippen molar-refractivity contribution in [2.45, 2.75) is 0 Å². The van der Waals surface area contributed by atoms with Crippen molar-refractivity contribution < 1.29 is 4.79 Å². The molecule has 0 aliphatic carbocycles. The number of rotatable bonds is 4. The topological polar surface area (TPSA) is 59.8 Å². The standard InChI is InChI=1S/C21H16N4O/c26-21(17-10-11-20(23-14-17)25-13-12-22-15-25)24-19-9-5-4-8-18(19)16-6-2-1-3-7-16/h1-15H,(H,24,26). The number of amides is 1. The van der Waals surface area contributed by atoms with E-state index in [1.54, 1.807) is 41.6 Å². The fourth-order valence-electron chi connectivity index (χ4n) is 2.72. The van der Waals surface area contributed by atoms with Gasteiger partial charge in [-0.15, -0.1) is 0 Å². The second-order valence-electron chi connectivity index (χ2n) is 5.74. The highest BCUT2D eigenvalue weighted by Crippen LogP contribution is 2.27. The zero-order valence-corrected chi connectivity index (χ0v) is 13.9. The minimum absolute atomic E-state index is 0.196. The molecule has 4 aromatic rings. The average Bonchev–Trinajstić information content (AvgIpc) is 3.24. The van der Waals surface area contributed by atoms with Crippen LogP contribution in [0.5, 0.6) is 0 Å². The van der Waals surface area contributed by atoms with Crippen LogP contribution in [0.15, 0.2) is 91.6 Å². The number of para-hydroxylation sites is 1. The van der Waals surface area contributed by atoms with Crippen LogP contribution in [-0.4, -0.2) is 20.4 Å². The highest BCUT2D eigenvalue weighted by atomic mass is 16.1. The lowest BCUT2D eigenvalue weighted by Crippen LogP contribution is -2.13. The van der Waals surface area contributed by atoms with Crippen molar-refractivity contribution in [3.8, 4) is 16.9 Å². The van der Waals surface area contributed by atoms with E-state index in [1.807, 2.05) is 54.6 Å². The Bertz CT molecular complexity index is 1010. The summed E-state index contributed by atoms with van der Waals surface area (Å²) in [6.45, 7) is 0. The predicted molar refractivity (Wildman–Crippen MR) is 101 cm³/mol. The summed E-state index contributed by atoms with van der Waals surface area (Å²) in [7, 11) is 0. The lowest BCUT2D eigenvalue weighted by molar-refractivity contribution is 0.102. The number of benzene rings is 2. The molecule has 0 saturated carbocycles. The fourth-order valence-corrected chi connectivity index (χ4v) is 2.72. The van der Waals surface area contributed by atoms with E-state index < -0.39 is 0 Å². The molecule has 0 unspecified atom stereocenters. The molecule has 0 atom stereocenters. The molecule has 0 saturated heterocycles. The summed E-state index contributed by atoms with van der Waals surface area (Å²) in [4.78, 5) is 20.9. The van der Waals surface area contributed by atoms with E-state index in [9.17, 15) is 4.79 Å². The lowest BCUT2D eigenvalue weighted by Gasteiger charge is -2.11. The lowest BCUT2D eigenvalue weighted by atomic mass is 10.0. The van der Waals surface area contributed by atoms with E-state index in [2.05, 4.69) is 15.3 Å². The van der Waals surface area contributed by atoms with Crippen LogP contribution < -0.4 is 5.32 Å². The molecule has 5 nitrogen and oxygen atoms in total. The highest BCUT2D eigenvalue weighted by molar-refractivity contribution is 6.06. The normalized spacial score (nSPS) is 10.5. The molecule has 126 valence electrons. The molecular formula is C21H16N4O. The summed E-state index contributed by atoms with van der Waals surface area (Å²) in [5.41, 5.74) is 3.29. The van der Waals surface area contributed by atoms with Crippen molar-refractivity contribution in [2.24, 2.45) is 0 Å². The van der Waals surface area contributed by atoms with Crippen molar-refractivity contribution in [2.75, 3.05) is 5.32 Å². The smallest absolute Gasteiger partial charge is 0.257 e. The molecule has 2 aromatic heterocycles. The first-order valence-electron chi connectivity index (χ1n) is 8.21. The summed E-state index contributed by atoms with van der Waals surface area (Å²) in [6.07, 6.45) is 6.72. The van der Waals surface area contributed by atoms with Crippen LogP contribution in [0, 0.1) is 0 Å². The Kier molecular flexibility index (Phi) is 4.26. The van der Waals surface area contributed by atoms with E-state index in [0.29, 0.717) is 11.4 Å². The first kappa shape index (κ1) is 15.8. The maximum absolute atomic E-state index is 12.6. The van der Waals surface area contributed by atoms with E-state index in [4.69, 9.17) is 0 Å². The number of anilines is 1. The second kappa shape index (κ2) is 7.03. The minimum Gasteiger partial charge on any atom is -0.321 e. The summed E-state index contributed by atoms with van der Waals surface area (Å²) >= 11 is 0. The van der Waals surface area contributed by atoms with Gasteiger partial charge in [-0.3, -0.25) is 9.36 Å². The Hall–Kier alpha value is -3.73. The molecule has 1 N–H and O–H groups in total. The third-order valence-corrected chi connectivity index (χ3v) is 4.04. The van der Waals surface area contributed by atoms with Crippen LogP contribution in [0.1, 0.15) is 10.4 Å². The molecule has 0 aliphatic heterocycles. The van der Waals surface area contributed by atoms with Crippen LogP contribution in [0.25, 0.3) is 16.9 Å². The maximum atomic E-state index is 12.6. The van der Waals surface area contributed by atoms with Gasteiger partial charge in [-0.05, 0) is 23.8 Å². The molecule has 5 heteroatoms. The molecule has 0 spiro atoms. The van der Waals surface area contributed by atoms with Gasteiger partial charge in [-0.1, -0.05) is 48.5 Å². The Morgan fingerprint density at radius 1 is 0.923 bits per heavy atom. The van der Waals surface area contributed by atoms with Crippen LogP contribution >= 0.6 is 0 Å². The summed E-state index contributed by atoms with van der Waals surface area (Å²) < 4.78 is 1.78. The van der Waals surface area contributed by atoms with E-state index in [0.717, 1.165) is 16.8 Å². The number of carbonyl (C=O) groups excluding carboxylic acids is 1. The van der Waals surface area contributed by atoms with Crippen molar-refractivity contribution in [3.63, 3.8) is 0 Å². The molecule has 0 bridgehead atoms. The minimum atomic E-state index is -0.196. The number of pyridine rings is 1. The zero-order valence-electron chi connectivity index (χ0n) is 13.9. The van der Waals surface area contributed by atoms with Crippen LogP contribution in [0.2, 0.25) is 0 Å². The van der Waals surface area contributed by atoms with Gasteiger partial charge in [0, 0.05) is 29.8 Å². The van der Waals surface area contributed by atoms with Crippen LogP contribution in [0.4, 0.5) is 5.69 Å². The molecule has 0 aliphatic rings. The molecule has 0 radical (unpaired) electrons. The van der Waals surface area contributed by atoms with Gasteiger partial charge in [-0.25, -0.2) is 9.97 Å². The van der Waals surface area contributed by atoms with Gasteiger partial charge in [0.1, 0.15) is 12.1 Å². The fraction of sp³-hybridized carbons (Fsp3) is 0. The molecule has 2 heterocycles. The van der Waals surface area contributed by atoms with Gasteiger partial charge in [0.05, 0.1) is 5.56 Å².